The van der Waals surface area contributed by atoms with Gasteiger partial charge in [-0.1, -0.05) is 67.6 Å². The van der Waals surface area contributed by atoms with Crippen molar-refractivity contribution < 1.29 is 9.30 Å². The van der Waals surface area contributed by atoms with Gasteiger partial charge in [-0.15, -0.1) is 0 Å². The summed E-state index contributed by atoms with van der Waals surface area (Å²) in [7, 11) is -1.21. The van der Waals surface area contributed by atoms with Crippen LogP contribution in [0.3, 0.4) is 0 Å². The first-order chi connectivity index (χ1) is 12.7. The summed E-state index contributed by atoms with van der Waals surface area (Å²) in [5, 5.41) is 5.25. The number of hydrogen-bond acceptors (Lipinski definition) is 3. The van der Waals surface area contributed by atoms with Crippen LogP contribution in [0.5, 0.6) is 5.75 Å². The van der Waals surface area contributed by atoms with E-state index in [1.807, 2.05) is 84.9 Å². The van der Waals surface area contributed by atoms with Crippen LogP contribution in [0.25, 0.3) is 0 Å². The molecule has 0 heterocycles. The van der Waals surface area contributed by atoms with Crippen LogP contribution in [-0.4, -0.2) is 12.9 Å². The third-order valence-corrected chi connectivity index (χ3v) is 8.03. The van der Waals surface area contributed by atoms with E-state index in [2.05, 4.69) is 12.2 Å². The summed E-state index contributed by atoms with van der Waals surface area (Å²) in [4.78, 5) is 0. The molecule has 1 N–H and O–H groups in total. The van der Waals surface area contributed by atoms with Gasteiger partial charge in [0.15, 0.2) is 7.14 Å². The summed E-state index contributed by atoms with van der Waals surface area (Å²) in [6.45, 7) is 2.07. The average molecular weight is 365 g/mol. The zero-order chi connectivity index (χ0) is 18.4. The number of rotatable bonds is 7. The van der Waals surface area contributed by atoms with Gasteiger partial charge >= 0.3 is 0 Å². The minimum absolute atomic E-state index is 0.194. The average Bonchev–Trinajstić information content (AvgIpc) is 2.73. The first-order valence-corrected chi connectivity index (χ1v) is 10.6. The smallest absolute Gasteiger partial charge is 0.164 e. The van der Waals surface area contributed by atoms with Gasteiger partial charge in [-0.2, -0.15) is 0 Å². The second kappa shape index (κ2) is 8.25. The van der Waals surface area contributed by atoms with Crippen molar-refractivity contribution in [3.8, 4) is 5.75 Å². The summed E-state index contributed by atoms with van der Waals surface area (Å²) in [5.74, 6) is 0.610. The van der Waals surface area contributed by atoms with Gasteiger partial charge in [0.2, 0.25) is 0 Å². The summed E-state index contributed by atoms with van der Waals surface area (Å²) < 4.78 is 19.6. The zero-order valence-corrected chi connectivity index (χ0v) is 16.0. The van der Waals surface area contributed by atoms with E-state index in [-0.39, 0.29) is 5.78 Å². The zero-order valence-electron chi connectivity index (χ0n) is 15.1. The number of ether oxygens (including phenoxy) is 1. The van der Waals surface area contributed by atoms with Crippen molar-refractivity contribution in [3.63, 3.8) is 0 Å². The molecule has 0 spiro atoms. The molecule has 0 aromatic heterocycles. The monoisotopic (exact) mass is 365 g/mol. The minimum Gasteiger partial charge on any atom is -0.497 e. The van der Waals surface area contributed by atoms with E-state index in [1.165, 1.54) is 0 Å². The molecular weight excluding hydrogens is 341 g/mol. The topological polar surface area (TPSA) is 38.3 Å². The van der Waals surface area contributed by atoms with Crippen LogP contribution in [-0.2, 0) is 4.57 Å². The number of hydrogen-bond donors (Lipinski definition) is 1. The third-order valence-electron chi connectivity index (χ3n) is 4.53. The SMILES string of the molecule is CCC(Nc1ccc(OC)cc1)P(=O)(c1ccccc1)c1ccccc1. The molecule has 0 saturated carbocycles. The highest BCUT2D eigenvalue weighted by Crippen LogP contribution is 2.49. The largest absolute Gasteiger partial charge is 0.497 e. The number of methoxy groups -OCH3 is 1. The Morgan fingerprint density at radius 2 is 1.35 bits per heavy atom. The predicted octanol–water partition coefficient (Wildman–Crippen LogP) is 4.86. The van der Waals surface area contributed by atoms with Crippen molar-refractivity contribution in [1.29, 1.82) is 0 Å². The van der Waals surface area contributed by atoms with Gasteiger partial charge in [0, 0.05) is 16.3 Å². The highest BCUT2D eigenvalue weighted by Gasteiger charge is 2.35. The predicted molar refractivity (Wildman–Crippen MR) is 110 cm³/mol. The number of anilines is 1. The Morgan fingerprint density at radius 1 is 0.846 bits per heavy atom. The molecule has 0 bridgehead atoms. The highest BCUT2D eigenvalue weighted by atomic mass is 31.2. The first-order valence-electron chi connectivity index (χ1n) is 8.80. The van der Waals surface area contributed by atoms with E-state index in [0.29, 0.717) is 0 Å². The van der Waals surface area contributed by atoms with E-state index in [1.54, 1.807) is 7.11 Å². The Balaban J connectivity index is 2.03. The molecule has 0 radical (unpaired) electrons. The molecule has 0 saturated heterocycles. The van der Waals surface area contributed by atoms with Crippen LogP contribution in [0.1, 0.15) is 13.3 Å². The molecule has 1 atom stereocenters. The molecule has 1 unspecified atom stereocenters. The quantitative estimate of drug-likeness (QED) is 0.608. The lowest BCUT2D eigenvalue weighted by atomic mass is 10.3. The van der Waals surface area contributed by atoms with Gasteiger partial charge in [0.25, 0.3) is 0 Å². The lowest BCUT2D eigenvalue weighted by Crippen LogP contribution is -2.30. The van der Waals surface area contributed by atoms with Gasteiger partial charge in [-0.3, -0.25) is 0 Å². The van der Waals surface area contributed by atoms with E-state index in [9.17, 15) is 4.57 Å². The molecule has 0 fully saturated rings. The molecule has 134 valence electrons. The molecule has 3 rings (SSSR count). The van der Waals surface area contributed by atoms with E-state index in [0.717, 1.165) is 28.5 Å². The molecule has 4 heteroatoms. The molecule has 0 aliphatic rings. The maximum absolute atomic E-state index is 14.4. The second-order valence-electron chi connectivity index (χ2n) is 6.13. The maximum atomic E-state index is 14.4. The maximum Gasteiger partial charge on any atom is 0.164 e. The van der Waals surface area contributed by atoms with Crippen molar-refractivity contribution in [1.82, 2.24) is 0 Å². The molecule has 0 amide bonds. The standard InChI is InChI=1S/C22H24NO2P/c1-3-22(23-18-14-16-19(25-2)17-15-18)26(24,20-10-6-4-7-11-20)21-12-8-5-9-13-21/h4-17,22-23H,3H2,1-2H3. The molecule has 0 aliphatic carbocycles. The molecule has 3 aromatic rings. The third kappa shape index (κ3) is 3.68. The van der Waals surface area contributed by atoms with Gasteiger partial charge in [-0.25, -0.2) is 0 Å². The first kappa shape index (κ1) is 18.3. The molecule has 0 aliphatic heterocycles. The molecule has 26 heavy (non-hydrogen) atoms. The van der Waals surface area contributed by atoms with Crippen molar-refractivity contribution in [2.75, 3.05) is 12.4 Å². The van der Waals surface area contributed by atoms with Crippen LogP contribution in [0, 0.1) is 0 Å². The van der Waals surface area contributed by atoms with Gasteiger partial charge in [0.1, 0.15) is 5.75 Å². The molecule has 3 nitrogen and oxygen atoms in total. The number of benzene rings is 3. The van der Waals surface area contributed by atoms with Crippen LogP contribution in [0.2, 0.25) is 0 Å². The highest BCUT2D eigenvalue weighted by molar-refractivity contribution is 7.79. The summed E-state index contributed by atoms with van der Waals surface area (Å²) >= 11 is 0. The fourth-order valence-electron chi connectivity index (χ4n) is 3.14. The van der Waals surface area contributed by atoms with Crippen molar-refractivity contribution in [2.45, 2.75) is 19.1 Å². The van der Waals surface area contributed by atoms with Crippen LogP contribution in [0.4, 0.5) is 5.69 Å². The minimum atomic E-state index is -2.86. The second-order valence-corrected chi connectivity index (χ2v) is 9.10. The van der Waals surface area contributed by atoms with E-state index < -0.39 is 7.14 Å². The van der Waals surface area contributed by atoms with Crippen molar-refractivity contribution in [2.24, 2.45) is 0 Å². The van der Waals surface area contributed by atoms with Crippen LogP contribution >= 0.6 is 7.14 Å². The Bertz CT molecular complexity index is 820. The summed E-state index contributed by atoms with van der Waals surface area (Å²) in [6.07, 6.45) is 0.743. The van der Waals surface area contributed by atoms with Crippen LogP contribution < -0.4 is 20.7 Å². The van der Waals surface area contributed by atoms with Crippen molar-refractivity contribution in [3.05, 3.63) is 84.9 Å². The molecule has 3 aromatic carbocycles. The summed E-state index contributed by atoms with van der Waals surface area (Å²) in [5.41, 5.74) is 0.935. The normalized spacial score (nSPS) is 12.4. The lowest BCUT2D eigenvalue weighted by Gasteiger charge is -2.29. The van der Waals surface area contributed by atoms with Crippen molar-refractivity contribution >= 4 is 23.4 Å². The Labute approximate surface area is 155 Å². The fraction of sp³-hybridized carbons (Fsp3) is 0.182. The summed E-state index contributed by atoms with van der Waals surface area (Å²) in [6, 6.07) is 27.3. The van der Waals surface area contributed by atoms with Gasteiger partial charge < -0.3 is 14.6 Å². The van der Waals surface area contributed by atoms with Gasteiger partial charge in [0.05, 0.1) is 12.9 Å². The Morgan fingerprint density at radius 3 is 1.77 bits per heavy atom. The number of nitrogens with one attached hydrogen (secondary N) is 1. The van der Waals surface area contributed by atoms with Crippen LogP contribution in [0.15, 0.2) is 84.9 Å². The lowest BCUT2D eigenvalue weighted by molar-refractivity contribution is 0.415. The van der Waals surface area contributed by atoms with E-state index >= 15 is 0 Å². The van der Waals surface area contributed by atoms with E-state index in [4.69, 9.17) is 4.74 Å². The Kier molecular flexibility index (Phi) is 5.80. The fourth-order valence-corrected chi connectivity index (χ4v) is 6.23. The van der Waals surface area contributed by atoms with Gasteiger partial charge in [-0.05, 0) is 30.7 Å². The Hall–Kier alpha value is -2.51. The molecular formula is C22H24NO2P.